The van der Waals surface area contributed by atoms with Crippen molar-refractivity contribution >= 4 is 19.3 Å². The van der Waals surface area contributed by atoms with Crippen LogP contribution in [0.2, 0.25) is 0 Å². The van der Waals surface area contributed by atoms with Gasteiger partial charge >= 0.3 is 13.2 Å². The van der Waals surface area contributed by atoms with Gasteiger partial charge in [-0.2, -0.15) is 0 Å². The first-order valence-corrected chi connectivity index (χ1v) is 10.1. The van der Waals surface area contributed by atoms with Gasteiger partial charge in [0, 0.05) is 12.1 Å². The molecule has 8 heteroatoms. The van der Waals surface area contributed by atoms with Crippen molar-refractivity contribution in [2.45, 2.75) is 45.5 Å². The lowest BCUT2D eigenvalue weighted by Gasteiger charge is -2.32. The summed E-state index contributed by atoms with van der Waals surface area (Å²) in [5.74, 6) is -0.588. The van der Waals surface area contributed by atoms with Gasteiger partial charge in [-0.25, -0.2) is 9.18 Å². The number of phenols is 1. The van der Waals surface area contributed by atoms with E-state index >= 15 is 0 Å². The van der Waals surface area contributed by atoms with Gasteiger partial charge in [0.15, 0.2) is 0 Å². The Morgan fingerprint density at radius 1 is 1.13 bits per heavy atom. The second-order valence-electron chi connectivity index (χ2n) is 8.43. The molecule has 0 spiro atoms. The van der Waals surface area contributed by atoms with Crippen LogP contribution >= 0.6 is 0 Å². The SMILES string of the molecule is CC1(C)OB(C(=Cc2cc(O)ccc2F)CNC(=O)OCc2ccccc2)OC1(C)C. The van der Waals surface area contributed by atoms with E-state index < -0.39 is 30.2 Å². The lowest BCUT2D eigenvalue weighted by Crippen LogP contribution is -2.41. The molecule has 0 saturated carbocycles. The van der Waals surface area contributed by atoms with Crippen molar-refractivity contribution < 1.29 is 28.3 Å². The zero-order valence-electron chi connectivity index (χ0n) is 18.1. The third-order valence-corrected chi connectivity index (χ3v) is 5.53. The Morgan fingerprint density at radius 2 is 1.77 bits per heavy atom. The molecule has 1 amide bonds. The highest BCUT2D eigenvalue weighted by Crippen LogP contribution is 2.39. The largest absolute Gasteiger partial charge is 0.508 e. The molecule has 1 aliphatic heterocycles. The molecule has 3 rings (SSSR count). The smallest absolute Gasteiger partial charge is 0.492 e. The molecule has 0 unspecified atom stereocenters. The second-order valence-corrected chi connectivity index (χ2v) is 8.43. The molecule has 2 aromatic rings. The first-order chi connectivity index (χ1) is 14.6. The van der Waals surface area contributed by atoms with Crippen LogP contribution in [0, 0.1) is 5.82 Å². The number of hydrogen-bond acceptors (Lipinski definition) is 5. The molecule has 1 aliphatic rings. The fraction of sp³-hybridized carbons (Fsp3) is 0.348. The van der Waals surface area contributed by atoms with E-state index in [1.807, 2.05) is 58.0 Å². The summed E-state index contributed by atoms with van der Waals surface area (Å²) in [4.78, 5) is 12.2. The molecule has 0 radical (unpaired) electrons. The Morgan fingerprint density at radius 3 is 2.42 bits per heavy atom. The van der Waals surface area contributed by atoms with Gasteiger partial charge in [0.2, 0.25) is 0 Å². The van der Waals surface area contributed by atoms with E-state index in [0.29, 0.717) is 5.47 Å². The van der Waals surface area contributed by atoms with E-state index in [9.17, 15) is 14.3 Å². The number of alkyl carbamates (subject to hydrolysis) is 1. The topological polar surface area (TPSA) is 77.0 Å². The van der Waals surface area contributed by atoms with Crippen molar-refractivity contribution in [2.75, 3.05) is 6.54 Å². The summed E-state index contributed by atoms with van der Waals surface area (Å²) in [5.41, 5.74) is 0.286. The molecule has 6 nitrogen and oxygen atoms in total. The van der Waals surface area contributed by atoms with Crippen LogP contribution < -0.4 is 5.32 Å². The summed E-state index contributed by atoms with van der Waals surface area (Å²) in [6.07, 6.45) is 0.886. The summed E-state index contributed by atoms with van der Waals surface area (Å²) in [6.45, 7) is 7.76. The quantitative estimate of drug-likeness (QED) is 0.666. The van der Waals surface area contributed by atoms with Gasteiger partial charge < -0.3 is 24.5 Å². The number of phenolic OH excluding ortho intramolecular Hbond substituents is 1. The molecular weight excluding hydrogens is 400 g/mol. The second kappa shape index (κ2) is 9.12. The summed E-state index contributed by atoms with van der Waals surface area (Å²) < 4.78 is 31.6. The normalized spacial score (nSPS) is 17.5. The van der Waals surface area contributed by atoms with Gasteiger partial charge in [-0.1, -0.05) is 36.4 Å². The van der Waals surface area contributed by atoms with E-state index in [4.69, 9.17) is 14.0 Å². The van der Waals surface area contributed by atoms with Crippen LogP contribution in [0.5, 0.6) is 5.75 Å². The maximum Gasteiger partial charge on any atom is 0.492 e. The summed E-state index contributed by atoms with van der Waals surface area (Å²) in [7, 11) is -0.804. The average Bonchev–Trinajstić information content (AvgIpc) is 2.94. The number of aromatic hydroxyl groups is 1. The molecule has 1 saturated heterocycles. The van der Waals surface area contributed by atoms with Gasteiger partial charge in [0.25, 0.3) is 0 Å². The molecule has 2 N–H and O–H groups in total. The van der Waals surface area contributed by atoms with Crippen LogP contribution in [-0.4, -0.2) is 36.1 Å². The lowest BCUT2D eigenvalue weighted by atomic mass is 9.77. The molecule has 2 aromatic carbocycles. The number of benzene rings is 2. The molecule has 0 atom stereocenters. The Hall–Kier alpha value is -2.84. The molecule has 0 bridgehead atoms. The predicted octanol–water partition coefficient (Wildman–Crippen LogP) is 4.47. The van der Waals surface area contributed by atoms with Crippen LogP contribution in [0.3, 0.4) is 0 Å². The minimum Gasteiger partial charge on any atom is -0.508 e. The number of ether oxygens (including phenoxy) is 1. The zero-order valence-corrected chi connectivity index (χ0v) is 18.1. The molecule has 1 fully saturated rings. The Kier molecular flexibility index (Phi) is 6.72. The molecule has 164 valence electrons. The van der Waals surface area contributed by atoms with Gasteiger partial charge in [-0.05, 0) is 56.9 Å². The first-order valence-electron chi connectivity index (χ1n) is 10.1. The maximum atomic E-state index is 14.3. The van der Waals surface area contributed by atoms with Crippen LogP contribution in [0.1, 0.15) is 38.8 Å². The third-order valence-electron chi connectivity index (χ3n) is 5.53. The number of rotatable bonds is 6. The van der Waals surface area contributed by atoms with E-state index in [-0.39, 0.29) is 24.5 Å². The standard InChI is InChI=1S/C23H27BFNO5/c1-22(2)23(3,4)31-24(30-22)18(12-17-13-19(27)10-11-20(17)25)14-26-21(28)29-15-16-8-6-5-7-9-16/h5-13,27H,14-15H2,1-4H3,(H,26,28). The van der Waals surface area contributed by atoms with E-state index in [2.05, 4.69) is 5.32 Å². The zero-order chi connectivity index (χ0) is 22.6. The Bertz CT molecular complexity index is 946. The first kappa shape index (κ1) is 22.8. The van der Waals surface area contributed by atoms with Crippen LogP contribution in [0.15, 0.2) is 54.0 Å². The van der Waals surface area contributed by atoms with E-state index in [1.165, 1.54) is 24.3 Å². The summed E-state index contributed by atoms with van der Waals surface area (Å²) in [5, 5.41) is 12.4. The minimum absolute atomic E-state index is 0.0134. The number of amides is 1. The van der Waals surface area contributed by atoms with Crippen molar-refractivity contribution in [3.05, 3.63) is 70.9 Å². The maximum absolute atomic E-state index is 14.3. The van der Waals surface area contributed by atoms with Gasteiger partial charge in [-0.3, -0.25) is 0 Å². The molecule has 1 heterocycles. The van der Waals surface area contributed by atoms with E-state index in [1.54, 1.807) is 0 Å². The Labute approximate surface area is 182 Å². The van der Waals surface area contributed by atoms with Crippen LogP contribution in [0.4, 0.5) is 9.18 Å². The van der Waals surface area contributed by atoms with Gasteiger partial charge in [0.1, 0.15) is 18.2 Å². The predicted molar refractivity (Wildman–Crippen MR) is 117 cm³/mol. The summed E-state index contributed by atoms with van der Waals surface area (Å²) >= 11 is 0. The molecule has 0 aliphatic carbocycles. The van der Waals surface area contributed by atoms with E-state index in [0.717, 1.165) is 5.56 Å². The lowest BCUT2D eigenvalue weighted by molar-refractivity contribution is 0.00578. The highest BCUT2D eigenvalue weighted by Gasteiger charge is 2.52. The average molecular weight is 427 g/mol. The fourth-order valence-corrected chi connectivity index (χ4v) is 2.99. The summed E-state index contributed by atoms with van der Waals surface area (Å²) in [6, 6.07) is 13.0. The van der Waals surface area contributed by atoms with Crippen molar-refractivity contribution in [1.29, 1.82) is 0 Å². The number of carbonyl (C=O) groups excluding carboxylic acids is 1. The highest BCUT2D eigenvalue weighted by molar-refractivity contribution is 6.56. The Balaban J connectivity index is 1.75. The van der Waals surface area contributed by atoms with Crippen molar-refractivity contribution in [2.24, 2.45) is 0 Å². The molecule has 31 heavy (non-hydrogen) atoms. The number of hydrogen-bond donors (Lipinski definition) is 2. The van der Waals surface area contributed by atoms with Crippen LogP contribution in [0.25, 0.3) is 6.08 Å². The third kappa shape index (κ3) is 5.65. The van der Waals surface area contributed by atoms with Crippen LogP contribution in [-0.2, 0) is 20.7 Å². The number of carbonyl (C=O) groups is 1. The van der Waals surface area contributed by atoms with Gasteiger partial charge in [-0.15, -0.1) is 0 Å². The number of halogens is 1. The van der Waals surface area contributed by atoms with Crippen molar-refractivity contribution in [3.8, 4) is 5.75 Å². The monoisotopic (exact) mass is 427 g/mol. The van der Waals surface area contributed by atoms with Crippen molar-refractivity contribution in [1.82, 2.24) is 5.32 Å². The molecule has 0 aromatic heterocycles. The number of nitrogens with one attached hydrogen (secondary N) is 1. The van der Waals surface area contributed by atoms with Crippen molar-refractivity contribution in [3.63, 3.8) is 0 Å². The van der Waals surface area contributed by atoms with Gasteiger partial charge in [0.05, 0.1) is 11.2 Å². The minimum atomic E-state index is -0.804. The highest BCUT2D eigenvalue weighted by atomic mass is 19.1. The molecular formula is C23H27BFNO5. The fourth-order valence-electron chi connectivity index (χ4n) is 2.99.